The standard InChI is InChI=1S/C22H40N2O4S2/c1-2-3-4-5-6-7-8-9-10-11-12-13-14-18-21-29(25,26)23-24-30(27,28)22-19-16-15-17-20-22/h15-17,19-20,23-24H,2-14,18,21H2,1H3. The third-order valence-electron chi connectivity index (χ3n) is 5.15. The summed E-state index contributed by atoms with van der Waals surface area (Å²) in [7, 11) is -7.57. The summed E-state index contributed by atoms with van der Waals surface area (Å²) >= 11 is 0. The highest BCUT2D eigenvalue weighted by atomic mass is 32.2. The summed E-state index contributed by atoms with van der Waals surface area (Å²) in [5.74, 6) is -0.0810. The SMILES string of the molecule is CCCCCCCCCCCCCCCCS(=O)(=O)NNS(=O)(=O)c1ccccc1. The van der Waals surface area contributed by atoms with Crippen LogP contribution in [0.1, 0.15) is 96.8 Å². The Balaban J connectivity index is 2.01. The summed E-state index contributed by atoms with van der Waals surface area (Å²) in [5, 5.41) is 0. The van der Waals surface area contributed by atoms with Gasteiger partial charge in [-0.25, -0.2) is 16.8 Å². The molecule has 0 aliphatic carbocycles. The summed E-state index contributed by atoms with van der Waals surface area (Å²) in [6.07, 6.45) is 16.7. The van der Waals surface area contributed by atoms with E-state index in [1.807, 2.05) is 9.66 Å². The Labute approximate surface area is 184 Å². The fraction of sp³-hybridized carbons (Fsp3) is 0.727. The highest BCUT2D eigenvalue weighted by Crippen LogP contribution is 2.13. The minimum atomic E-state index is -3.89. The van der Waals surface area contributed by atoms with Gasteiger partial charge in [-0.1, -0.05) is 109 Å². The van der Waals surface area contributed by atoms with E-state index in [9.17, 15) is 16.8 Å². The Hall–Kier alpha value is -0.960. The molecular formula is C22H40N2O4S2. The molecular weight excluding hydrogens is 420 g/mol. The Morgan fingerprint density at radius 1 is 0.600 bits per heavy atom. The van der Waals surface area contributed by atoms with E-state index in [2.05, 4.69) is 6.92 Å². The minimum absolute atomic E-state index is 0.0178. The molecule has 30 heavy (non-hydrogen) atoms. The fourth-order valence-corrected chi connectivity index (χ4v) is 5.58. The van der Waals surface area contributed by atoms with Gasteiger partial charge in [0.25, 0.3) is 10.0 Å². The zero-order valence-corrected chi connectivity index (χ0v) is 20.1. The first-order chi connectivity index (χ1) is 14.4. The molecule has 0 aromatic heterocycles. The topological polar surface area (TPSA) is 92.3 Å². The molecule has 8 heteroatoms. The molecule has 0 aliphatic rings. The second-order valence-corrected chi connectivity index (χ2v) is 11.5. The summed E-state index contributed by atoms with van der Waals surface area (Å²) in [4.78, 5) is 3.95. The van der Waals surface area contributed by atoms with E-state index in [1.165, 1.54) is 76.3 Å². The average molecular weight is 461 g/mol. The first kappa shape index (κ1) is 27.1. The Kier molecular flexibility index (Phi) is 14.2. The molecule has 2 N–H and O–H groups in total. The Bertz CT molecular complexity index is 751. The Morgan fingerprint density at radius 2 is 1.03 bits per heavy atom. The quantitative estimate of drug-likeness (QED) is 0.217. The summed E-state index contributed by atoms with van der Waals surface area (Å²) in [5.41, 5.74) is 0. The van der Waals surface area contributed by atoms with Crippen LogP contribution >= 0.6 is 0 Å². The second-order valence-electron chi connectivity index (χ2n) is 7.94. The van der Waals surface area contributed by atoms with Crippen LogP contribution in [0.15, 0.2) is 35.2 Å². The first-order valence-corrected chi connectivity index (χ1v) is 14.6. The molecule has 0 unspecified atom stereocenters. The van der Waals surface area contributed by atoms with Gasteiger partial charge in [0.05, 0.1) is 10.6 Å². The van der Waals surface area contributed by atoms with Crippen molar-refractivity contribution in [2.24, 2.45) is 0 Å². The van der Waals surface area contributed by atoms with E-state index in [1.54, 1.807) is 18.2 Å². The lowest BCUT2D eigenvalue weighted by Crippen LogP contribution is -2.42. The molecule has 0 atom stereocenters. The van der Waals surface area contributed by atoms with E-state index in [4.69, 9.17) is 0 Å². The number of hydrogen-bond acceptors (Lipinski definition) is 4. The van der Waals surface area contributed by atoms with Crippen LogP contribution in [0.5, 0.6) is 0 Å². The number of hydrogen-bond donors (Lipinski definition) is 2. The molecule has 0 spiro atoms. The molecule has 174 valence electrons. The summed E-state index contributed by atoms with van der Waals surface area (Å²) in [6, 6.07) is 7.67. The minimum Gasteiger partial charge on any atom is -0.211 e. The molecule has 1 aromatic carbocycles. The van der Waals surface area contributed by atoms with Crippen LogP contribution in [0.2, 0.25) is 0 Å². The lowest BCUT2D eigenvalue weighted by Gasteiger charge is -2.09. The fourth-order valence-electron chi connectivity index (χ4n) is 3.31. The second kappa shape index (κ2) is 15.8. The van der Waals surface area contributed by atoms with Gasteiger partial charge in [-0.3, -0.25) is 0 Å². The smallest absolute Gasteiger partial charge is 0.211 e. The predicted octanol–water partition coefficient (Wildman–Crippen LogP) is 5.28. The molecule has 0 radical (unpaired) electrons. The van der Waals surface area contributed by atoms with Gasteiger partial charge in [0.1, 0.15) is 0 Å². The molecule has 0 saturated carbocycles. The highest BCUT2D eigenvalue weighted by Gasteiger charge is 2.17. The van der Waals surface area contributed by atoms with Gasteiger partial charge in [-0.2, -0.15) is 0 Å². The van der Waals surface area contributed by atoms with E-state index in [0.717, 1.165) is 19.3 Å². The number of rotatable bonds is 19. The zero-order valence-electron chi connectivity index (χ0n) is 18.4. The molecule has 0 amide bonds. The van der Waals surface area contributed by atoms with Crippen LogP contribution in [0.25, 0.3) is 0 Å². The summed E-state index contributed by atoms with van der Waals surface area (Å²) < 4.78 is 48.1. The van der Waals surface area contributed by atoms with Gasteiger partial charge in [-0.05, 0) is 18.6 Å². The number of benzene rings is 1. The molecule has 0 saturated heterocycles. The molecule has 0 heterocycles. The van der Waals surface area contributed by atoms with Crippen molar-refractivity contribution in [1.82, 2.24) is 9.66 Å². The number of nitrogens with one attached hydrogen (secondary N) is 2. The maximum Gasteiger partial charge on any atom is 0.254 e. The Morgan fingerprint density at radius 3 is 1.50 bits per heavy atom. The van der Waals surface area contributed by atoms with Gasteiger partial charge in [0.15, 0.2) is 0 Å². The average Bonchev–Trinajstić information content (AvgIpc) is 2.73. The lowest BCUT2D eigenvalue weighted by molar-refractivity contribution is 0.535. The first-order valence-electron chi connectivity index (χ1n) is 11.4. The molecule has 0 bridgehead atoms. The van der Waals surface area contributed by atoms with Gasteiger partial charge in [0, 0.05) is 0 Å². The highest BCUT2D eigenvalue weighted by molar-refractivity contribution is 7.92. The van der Waals surface area contributed by atoms with E-state index < -0.39 is 20.0 Å². The van der Waals surface area contributed by atoms with Crippen molar-refractivity contribution >= 4 is 20.0 Å². The third-order valence-corrected chi connectivity index (χ3v) is 7.78. The van der Waals surface area contributed by atoms with Crippen molar-refractivity contribution < 1.29 is 16.8 Å². The van der Waals surface area contributed by atoms with Crippen molar-refractivity contribution in [3.63, 3.8) is 0 Å². The van der Waals surface area contributed by atoms with Crippen LogP contribution in [0.4, 0.5) is 0 Å². The normalized spacial score (nSPS) is 12.3. The monoisotopic (exact) mass is 460 g/mol. The van der Waals surface area contributed by atoms with E-state index in [-0.39, 0.29) is 10.6 Å². The van der Waals surface area contributed by atoms with Crippen LogP contribution in [0.3, 0.4) is 0 Å². The number of hydrazine groups is 1. The van der Waals surface area contributed by atoms with Crippen molar-refractivity contribution in [2.45, 2.75) is 102 Å². The van der Waals surface area contributed by atoms with Crippen LogP contribution in [-0.4, -0.2) is 22.6 Å². The van der Waals surface area contributed by atoms with Gasteiger partial charge in [-0.15, -0.1) is 9.66 Å². The van der Waals surface area contributed by atoms with Crippen LogP contribution in [-0.2, 0) is 20.0 Å². The van der Waals surface area contributed by atoms with Crippen molar-refractivity contribution in [2.75, 3.05) is 5.75 Å². The van der Waals surface area contributed by atoms with E-state index >= 15 is 0 Å². The number of sulfonamides is 2. The molecule has 6 nitrogen and oxygen atoms in total. The maximum absolute atomic E-state index is 12.0. The van der Waals surface area contributed by atoms with Crippen molar-refractivity contribution in [1.29, 1.82) is 0 Å². The molecule has 0 fully saturated rings. The molecule has 1 aromatic rings. The maximum atomic E-state index is 12.0. The van der Waals surface area contributed by atoms with Gasteiger partial charge < -0.3 is 0 Å². The predicted molar refractivity (Wildman–Crippen MR) is 124 cm³/mol. The van der Waals surface area contributed by atoms with Crippen LogP contribution < -0.4 is 9.66 Å². The van der Waals surface area contributed by atoms with Crippen molar-refractivity contribution in [3.8, 4) is 0 Å². The molecule has 0 aliphatic heterocycles. The zero-order chi connectivity index (χ0) is 22.1. The lowest BCUT2D eigenvalue weighted by atomic mass is 10.0. The van der Waals surface area contributed by atoms with Gasteiger partial charge >= 0.3 is 0 Å². The molecule has 1 rings (SSSR count). The van der Waals surface area contributed by atoms with Gasteiger partial charge in [0.2, 0.25) is 10.0 Å². The largest absolute Gasteiger partial charge is 0.254 e. The van der Waals surface area contributed by atoms with Crippen molar-refractivity contribution in [3.05, 3.63) is 30.3 Å². The van der Waals surface area contributed by atoms with Crippen LogP contribution in [0, 0.1) is 0 Å². The third kappa shape index (κ3) is 13.4. The van der Waals surface area contributed by atoms with E-state index in [0.29, 0.717) is 6.42 Å². The summed E-state index contributed by atoms with van der Waals surface area (Å²) in [6.45, 7) is 2.24. The number of unbranched alkanes of at least 4 members (excludes halogenated alkanes) is 13.